The Kier molecular flexibility index (Phi) is 7.76. The maximum Gasteiger partial charge on any atom is 0.130 e. The monoisotopic (exact) mass is 326 g/mol. The lowest BCUT2D eigenvalue weighted by molar-refractivity contribution is 0.301. The van der Waals surface area contributed by atoms with E-state index in [1.807, 2.05) is 18.2 Å². The van der Waals surface area contributed by atoms with Crippen molar-refractivity contribution in [1.29, 1.82) is 0 Å². The van der Waals surface area contributed by atoms with Gasteiger partial charge in [-0.25, -0.2) is 0 Å². The van der Waals surface area contributed by atoms with E-state index in [1.54, 1.807) is 6.20 Å². The molecule has 0 aliphatic carbocycles. The van der Waals surface area contributed by atoms with Crippen molar-refractivity contribution in [3.8, 4) is 5.75 Å². The highest BCUT2D eigenvalue weighted by molar-refractivity contribution is 5.27. The van der Waals surface area contributed by atoms with Gasteiger partial charge in [-0.1, -0.05) is 39.0 Å². The van der Waals surface area contributed by atoms with Crippen molar-refractivity contribution in [3.63, 3.8) is 0 Å². The van der Waals surface area contributed by atoms with Crippen LogP contribution in [0, 0.1) is 11.8 Å². The second-order valence-electron chi connectivity index (χ2n) is 6.95. The molecule has 1 N–H and O–H groups in total. The van der Waals surface area contributed by atoms with Crippen molar-refractivity contribution >= 4 is 0 Å². The zero-order valence-electron chi connectivity index (χ0n) is 15.2. The van der Waals surface area contributed by atoms with Crippen LogP contribution >= 0.6 is 0 Å². The number of nitrogens with zero attached hydrogens (tertiary/aromatic N) is 1. The molecule has 0 aliphatic heterocycles. The van der Waals surface area contributed by atoms with E-state index >= 15 is 0 Å². The van der Waals surface area contributed by atoms with Crippen molar-refractivity contribution in [3.05, 3.63) is 59.9 Å². The zero-order valence-corrected chi connectivity index (χ0v) is 15.2. The van der Waals surface area contributed by atoms with Crippen LogP contribution < -0.4 is 10.1 Å². The molecule has 3 heteroatoms. The van der Waals surface area contributed by atoms with Crippen molar-refractivity contribution in [2.45, 2.75) is 40.2 Å². The first-order valence-electron chi connectivity index (χ1n) is 8.96. The highest BCUT2D eigenvalue weighted by Crippen LogP contribution is 2.17. The van der Waals surface area contributed by atoms with E-state index in [4.69, 9.17) is 4.74 Å². The summed E-state index contributed by atoms with van der Waals surface area (Å²) in [6, 6.07) is 14.3. The Morgan fingerprint density at radius 1 is 1.04 bits per heavy atom. The fourth-order valence-corrected chi connectivity index (χ4v) is 2.61. The summed E-state index contributed by atoms with van der Waals surface area (Å²) in [7, 11) is 0. The summed E-state index contributed by atoms with van der Waals surface area (Å²) in [5.41, 5.74) is 2.32. The number of nitrogens with one attached hydrogen (secondary N) is 1. The van der Waals surface area contributed by atoms with Crippen LogP contribution in [0.3, 0.4) is 0 Å². The molecule has 0 saturated carbocycles. The standard InChI is InChI=1S/C21H30N2O/c1-17(2)15-22-13-11-18(3)14-19-7-9-21(10-8-19)24-16-20-6-4-5-12-23-20/h4-10,12,17-18,22H,11,13-16H2,1-3H3. The van der Waals surface area contributed by atoms with Gasteiger partial charge in [-0.05, 0) is 67.6 Å². The summed E-state index contributed by atoms with van der Waals surface area (Å²) in [6.45, 7) is 9.53. The average Bonchev–Trinajstić information content (AvgIpc) is 2.59. The number of ether oxygens (including phenoxy) is 1. The summed E-state index contributed by atoms with van der Waals surface area (Å²) >= 11 is 0. The number of aromatic nitrogens is 1. The Labute approximate surface area is 146 Å². The van der Waals surface area contributed by atoms with E-state index in [0.29, 0.717) is 12.5 Å². The summed E-state index contributed by atoms with van der Waals surface area (Å²) in [6.07, 6.45) is 4.12. The van der Waals surface area contributed by atoms with Crippen LogP contribution in [-0.2, 0) is 13.0 Å². The van der Waals surface area contributed by atoms with Gasteiger partial charge in [0.1, 0.15) is 12.4 Å². The molecule has 1 aromatic heterocycles. The largest absolute Gasteiger partial charge is 0.487 e. The van der Waals surface area contributed by atoms with Gasteiger partial charge in [-0.15, -0.1) is 0 Å². The van der Waals surface area contributed by atoms with Crippen LogP contribution in [0.5, 0.6) is 5.75 Å². The van der Waals surface area contributed by atoms with E-state index in [2.05, 4.69) is 55.3 Å². The molecule has 2 rings (SSSR count). The maximum absolute atomic E-state index is 5.78. The lowest BCUT2D eigenvalue weighted by Gasteiger charge is -2.13. The first-order chi connectivity index (χ1) is 11.6. The predicted octanol–water partition coefficient (Wildman–Crippen LogP) is 4.47. The van der Waals surface area contributed by atoms with Gasteiger partial charge in [-0.2, -0.15) is 0 Å². The third-order valence-electron chi connectivity index (χ3n) is 3.99. The van der Waals surface area contributed by atoms with Crippen molar-refractivity contribution in [2.24, 2.45) is 11.8 Å². The molecule has 2 aromatic rings. The van der Waals surface area contributed by atoms with Crippen molar-refractivity contribution in [2.75, 3.05) is 13.1 Å². The number of hydrogen-bond donors (Lipinski definition) is 1. The van der Waals surface area contributed by atoms with Crippen LogP contribution in [0.1, 0.15) is 38.4 Å². The second kappa shape index (κ2) is 10.1. The smallest absolute Gasteiger partial charge is 0.130 e. The minimum absolute atomic E-state index is 0.512. The van der Waals surface area contributed by atoms with E-state index in [9.17, 15) is 0 Å². The van der Waals surface area contributed by atoms with Gasteiger partial charge >= 0.3 is 0 Å². The molecular formula is C21H30N2O. The first-order valence-corrected chi connectivity index (χ1v) is 8.96. The molecule has 1 unspecified atom stereocenters. The zero-order chi connectivity index (χ0) is 17.2. The van der Waals surface area contributed by atoms with Gasteiger partial charge < -0.3 is 10.1 Å². The minimum atomic E-state index is 0.512. The van der Waals surface area contributed by atoms with Crippen LogP contribution in [0.25, 0.3) is 0 Å². The first kappa shape index (κ1) is 18.5. The van der Waals surface area contributed by atoms with E-state index in [-0.39, 0.29) is 0 Å². The number of rotatable bonds is 10. The molecule has 0 aliphatic rings. The summed E-state index contributed by atoms with van der Waals surface area (Å²) in [4.78, 5) is 4.27. The Hall–Kier alpha value is -1.87. The van der Waals surface area contributed by atoms with E-state index in [1.165, 1.54) is 12.0 Å². The molecule has 0 spiro atoms. The Balaban J connectivity index is 1.71. The van der Waals surface area contributed by atoms with Gasteiger partial charge in [0.15, 0.2) is 0 Å². The molecule has 3 nitrogen and oxygen atoms in total. The summed E-state index contributed by atoms with van der Waals surface area (Å²) in [5.74, 6) is 2.31. The van der Waals surface area contributed by atoms with E-state index < -0.39 is 0 Å². The molecular weight excluding hydrogens is 296 g/mol. The molecule has 0 radical (unpaired) electrons. The Bertz CT molecular complexity index is 566. The van der Waals surface area contributed by atoms with Crippen LogP contribution in [0.15, 0.2) is 48.7 Å². The quantitative estimate of drug-likeness (QED) is 0.654. The molecule has 1 atom stereocenters. The fourth-order valence-electron chi connectivity index (χ4n) is 2.61. The molecule has 1 heterocycles. The lowest BCUT2D eigenvalue weighted by atomic mass is 9.98. The lowest BCUT2D eigenvalue weighted by Crippen LogP contribution is -2.22. The Morgan fingerprint density at radius 3 is 2.50 bits per heavy atom. The molecule has 1 aromatic carbocycles. The van der Waals surface area contributed by atoms with Crippen molar-refractivity contribution in [1.82, 2.24) is 10.3 Å². The SMILES string of the molecule is CC(C)CNCCC(C)Cc1ccc(OCc2ccccn2)cc1. The molecule has 24 heavy (non-hydrogen) atoms. The highest BCUT2D eigenvalue weighted by Gasteiger charge is 2.05. The molecule has 0 saturated heterocycles. The van der Waals surface area contributed by atoms with Gasteiger partial charge in [0.05, 0.1) is 5.69 Å². The molecule has 0 bridgehead atoms. The van der Waals surface area contributed by atoms with Crippen LogP contribution in [-0.4, -0.2) is 18.1 Å². The average molecular weight is 326 g/mol. The maximum atomic E-state index is 5.78. The Morgan fingerprint density at radius 2 is 1.83 bits per heavy atom. The third kappa shape index (κ3) is 7.14. The number of hydrogen-bond acceptors (Lipinski definition) is 3. The number of pyridine rings is 1. The number of benzene rings is 1. The van der Waals surface area contributed by atoms with Crippen molar-refractivity contribution < 1.29 is 4.74 Å². The summed E-state index contributed by atoms with van der Waals surface area (Å²) in [5, 5.41) is 3.52. The van der Waals surface area contributed by atoms with Gasteiger partial charge in [0.2, 0.25) is 0 Å². The summed E-state index contributed by atoms with van der Waals surface area (Å²) < 4.78 is 5.78. The molecule has 130 valence electrons. The molecule has 0 fully saturated rings. The van der Waals surface area contributed by atoms with Gasteiger partial charge in [0, 0.05) is 6.20 Å². The minimum Gasteiger partial charge on any atom is -0.487 e. The topological polar surface area (TPSA) is 34.1 Å². The van der Waals surface area contributed by atoms with Gasteiger partial charge in [-0.3, -0.25) is 4.98 Å². The van der Waals surface area contributed by atoms with E-state index in [0.717, 1.165) is 36.9 Å². The molecule has 0 amide bonds. The normalized spacial score (nSPS) is 12.3. The van der Waals surface area contributed by atoms with Crippen LogP contribution in [0.4, 0.5) is 0 Å². The predicted molar refractivity (Wildman–Crippen MR) is 100 cm³/mol. The fraction of sp³-hybridized carbons (Fsp3) is 0.476. The highest BCUT2D eigenvalue weighted by atomic mass is 16.5. The van der Waals surface area contributed by atoms with Crippen LogP contribution in [0.2, 0.25) is 0 Å². The second-order valence-corrected chi connectivity index (χ2v) is 6.95. The van der Waals surface area contributed by atoms with Gasteiger partial charge in [0.25, 0.3) is 0 Å². The third-order valence-corrected chi connectivity index (χ3v) is 3.99.